The van der Waals surface area contributed by atoms with Gasteiger partial charge in [0.2, 0.25) is 0 Å². The second-order valence-electron chi connectivity index (χ2n) is 4.42. The minimum atomic E-state index is -0.347. The molecule has 0 bridgehead atoms. The highest BCUT2D eigenvalue weighted by molar-refractivity contribution is 6.18. The fourth-order valence-electron chi connectivity index (χ4n) is 1.95. The molecule has 0 radical (unpaired) electrons. The Bertz CT molecular complexity index is 424. The van der Waals surface area contributed by atoms with Crippen LogP contribution in [0.5, 0.6) is 0 Å². The number of carbonyl (C=O) groups is 1. The quantitative estimate of drug-likeness (QED) is 0.773. The molecular formula is C13H15ClFNO2. The van der Waals surface area contributed by atoms with E-state index in [4.69, 9.17) is 16.3 Å². The normalized spacial score (nSPS) is 24.1. The lowest BCUT2D eigenvalue weighted by Gasteiger charge is -2.37. The summed E-state index contributed by atoms with van der Waals surface area (Å²) in [6.07, 6.45) is -0.132. The minimum Gasteiger partial charge on any atom is -0.373 e. The SMILES string of the molecule is CC1COC(CCl)CN1C(=O)c1ccc(F)cc1. The molecule has 1 fully saturated rings. The van der Waals surface area contributed by atoms with Crippen molar-refractivity contribution in [3.8, 4) is 0 Å². The smallest absolute Gasteiger partial charge is 0.254 e. The van der Waals surface area contributed by atoms with E-state index in [2.05, 4.69) is 0 Å². The van der Waals surface area contributed by atoms with Crippen LogP contribution in [0.2, 0.25) is 0 Å². The van der Waals surface area contributed by atoms with Gasteiger partial charge in [0.05, 0.1) is 24.6 Å². The Balaban J connectivity index is 2.13. The first-order valence-corrected chi connectivity index (χ1v) is 6.39. The van der Waals surface area contributed by atoms with Crippen LogP contribution in [0.25, 0.3) is 0 Å². The van der Waals surface area contributed by atoms with E-state index in [1.54, 1.807) is 4.90 Å². The van der Waals surface area contributed by atoms with E-state index < -0.39 is 0 Å². The molecule has 5 heteroatoms. The summed E-state index contributed by atoms with van der Waals surface area (Å²) in [4.78, 5) is 14.0. The first kappa shape index (κ1) is 13.3. The van der Waals surface area contributed by atoms with Crippen LogP contribution in [0.4, 0.5) is 4.39 Å². The van der Waals surface area contributed by atoms with Crippen molar-refractivity contribution in [2.24, 2.45) is 0 Å². The van der Waals surface area contributed by atoms with E-state index in [1.165, 1.54) is 24.3 Å². The van der Waals surface area contributed by atoms with E-state index in [0.717, 1.165) is 0 Å². The highest BCUT2D eigenvalue weighted by atomic mass is 35.5. The average molecular weight is 272 g/mol. The highest BCUT2D eigenvalue weighted by Gasteiger charge is 2.29. The van der Waals surface area contributed by atoms with Gasteiger partial charge in [-0.3, -0.25) is 4.79 Å². The molecule has 2 unspecified atom stereocenters. The van der Waals surface area contributed by atoms with Crippen molar-refractivity contribution in [2.75, 3.05) is 19.0 Å². The molecule has 1 aliphatic heterocycles. The van der Waals surface area contributed by atoms with Gasteiger partial charge in [-0.25, -0.2) is 4.39 Å². The van der Waals surface area contributed by atoms with Gasteiger partial charge >= 0.3 is 0 Å². The minimum absolute atomic E-state index is 0.00187. The molecule has 1 saturated heterocycles. The molecule has 0 N–H and O–H groups in total. The number of morpholine rings is 1. The van der Waals surface area contributed by atoms with Crippen LogP contribution in [0.1, 0.15) is 17.3 Å². The number of benzene rings is 1. The Kier molecular flexibility index (Phi) is 4.19. The van der Waals surface area contributed by atoms with Gasteiger partial charge < -0.3 is 9.64 Å². The zero-order valence-electron chi connectivity index (χ0n) is 10.1. The molecule has 1 aliphatic rings. The predicted molar refractivity (Wildman–Crippen MR) is 67.4 cm³/mol. The average Bonchev–Trinajstić information content (AvgIpc) is 2.39. The van der Waals surface area contributed by atoms with Gasteiger partial charge in [0.25, 0.3) is 5.91 Å². The van der Waals surface area contributed by atoms with Crippen LogP contribution in [0, 0.1) is 5.82 Å². The summed E-state index contributed by atoms with van der Waals surface area (Å²) in [6.45, 7) is 2.87. The largest absolute Gasteiger partial charge is 0.373 e. The molecule has 0 aliphatic carbocycles. The molecule has 0 saturated carbocycles. The third kappa shape index (κ3) is 2.82. The van der Waals surface area contributed by atoms with Gasteiger partial charge in [0, 0.05) is 12.1 Å². The number of carbonyl (C=O) groups excluding carboxylic acids is 1. The molecule has 2 atom stereocenters. The van der Waals surface area contributed by atoms with Crippen molar-refractivity contribution >= 4 is 17.5 Å². The lowest BCUT2D eigenvalue weighted by Crippen LogP contribution is -2.51. The molecule has 0 aromatic heterocycles. The summed E-state index contributed by atoms with van der Waals surface area (Å²) in [5.41, 5.74) is 0.485. The Morgan fingerprint density at radius 3 is 2.78 bits per heavy atom. The predicted octanol–water partition coefficient (Wildman–Crippen LogP) is 2.29. The molecule has 0 spiro atoms. The maximum atomic E-state index is 12.8. The van der Waals surface area contributed by atoms with Crippen LogP contribution in [-0.2, 0) is 4.74 Å². The van der Waals surface area contributed by atoms with Crippen molar-refractivity contribution in [3.63, 3.8) is 0 Å². The molecule has 98 valence electrons. The zero-order chi connectivity index (χ0) is 13.1. The first-order chi connectivity index (χ1) is 8.61. The molecule has 1 aromatic carbocycles. The second kappa shape index (κ2) is 5.67. The summed E-state index contributed by atoms with van der Waals surface area (Å²) in [6, 6.07) is 5.57. The zero-order valence-corrected chi connectivity index (χ0v) is 10.9. The lowest BCUT2D eigenvalue weighted by molar-refractivity contribution is -0.0371. The first-order valence-electron chi connectivity index (χ1n) is 5.86. The number of halogens is 2. The molecule has 1 heterocycles. The molecule has 18 heavy (non-hydrogen) atoms. The van der Waals surface area contributed by atoms with Crippen molar-refractivity contribution in [3.05, 3.63) is 35.6 Å². The van der Waals surface area contributed by atoms with Crippen LogP contribution in [0.15, 0.2) is 24.3 Å². The van der Waals surface area contributed by atoms with E-state index in [1.807, 2.05) is 6.92 Å². The topological polar surface area (TPSA) is 29.5 Å². The number of alkyl halides is 1. The fourth-order valence-corrected chi connectivity index (χ4v) is 2.14. The third-order valence-electron chi connectivity index (χ3n) is 3.03. The van der Waals surface area contributed by atoms with Crippen LogP contribution in [0.3, 0.4) is 0 Å². The van der Waals surface area contributed by atoms with Crippen molar-refractivity contribution in [2.45, 2.75) is 19.1 Å². The monoisotopic (exact) mass is 271 g/mol. The van der Waals surface area contributed by atoms with Crippen molar-refractivity contribution < 1.29 is 13.9 Å². The number of hydrogen-bond acceptors (Lipinski definition) is 2. The standard InChI is InChI=1S/C13H15ClFNO2/c1-9-8-18-12(6-14)7-16(9)13(17)10-2-4-11(15)5-3-10/h2-5,9,12H,6-8H2,1H3. The maximum Gasteiger partial charge on any atom is 0.254 e. The molecule has 3 nitrogen and oxygen atoms in total. The van der Waals surface area contributed by atoms with E-state index in [0.29, 0.717) is 24.6 Å². The molecule has 1 amide bonds. The van der Waals surface area contributed by atoms with Gasteiger partial charge in [-0.2, -0.15) is 0 Å². The number of rotatable bonds is 2. The fraction of sp³-hybridized carbons (Fsp3) is 0.462. The summed E-state index contributed by atoms with van der Waals surface area (Å²) in [5, 5.41) is 0. The van der Waals surface area contributed by atoms with Gasteiger partial charge in [-0.1, -0.05) is 0 Å². The van der Waals surface area contributed by atoms with Crippen LogP contribution < -0.4 is 0 Å². The Hall–Kier alpha value is -1.13. The van der Waals surface area contributed by atoms with Crippen LogP contribution >= 0.6 is 11.6 Å². The Morgan fingerprint density at radius 1 is 1.50 bits per heavy atom. The van der Waals surface area contributed by atoms with E-state index in [-0.39, 0.29) is 23.9 Å². The summed E-state index contributed by atoms with van der Waals surface area (Å²) in [5.74, 6) is -0.0963. The second-order valence-corrected chi connectivity index (χ2v) is 4.73. The number of amides is 1. The van der Waals surface area contributed by atoms with Gasteiger partial charge in [-0.05, 0) is 31.2 Å². The number of nitrogens with zero attached hydrogens (tertiary/aromatic N) is 1. The maximum absolute atomic E-state index is 12.8. The van der Waals surface area contributed by atoms with Crippen molar-refractivity contribution in [1.82, 2.24) is 4.90 Å². The van der Waals surface area contributed by atoms with E-state index >= 15 is 0 Å². The summed E-state index contributed by atoms with van der Waals surface area (Å²) < 4.78 is 18.3. The van der Waals surface area contributed by atoms with Crippen molar-refractivity contribution in [1.29, 1.82) is 0 Å². The van der Waals surface area contributed by atoms with Gasteiger partial charge in [-0.15, -0.1) is 11.6 Å². The summed E-state index contributed by atoms with van der Waals surface area (Å²) >= 11 is 5.75. The molecule has 1 aromatic rings. The van der Waals surface area contributed by atoms with Gasteiger partial charge in [0.15, 0.2) is 0 Å². The van der Waals surface area contributed by atoms with Crippen LogP contribution in [-0.4, -0.2) is 42.0 Å². The van der Waals surface area contributed by atoms with Gasteiger partial charge in [0.1, 0.15) is 5.82 Å². The molecule has 2 rings (SSSR count). The Labute approximate surface area is 110 Å². The number of ether oxygens (including phenoxy) is 1. The molecular weight excluding hydrogens is 257 g/mol. The summed E-state index contributed by atoms with van der Waals surface area (Å²) in [7, 11) is 0. The third-order valence-corrected chi connectivity index (χ3v) is 3.37. The highest BCUT2D eigenvalue weighted by Crippen LogP contribution is 2.16. The lowest BCUT2D eigenvalue weighted by atomic mass is 10.1. The van der Waals surface area contributed by atoms with E-state index in [9.17, 15) is 9.18 Å². The number of hydrogen-bond donors (Lipinski definition) is 0. The Morgan fingerprint density at radius 2 is 2.17 bits per heavy atom.